The molecule has 1 heterocycles. The second kappa shape index (κ2) is 4.87. The highest BCUT2D eigenvalue weighted by molar-refractivity contribution is 6.02. The first-order valence-corrected chi connectivity index (χ1v) is 6.88. The Balaban J connectivity index is 2.26. The highest BCUT2D eigenvalue weighted by Crippen LogP contribution is 2.33. The molecule has 0 radical (unpaired) electrons. The van der Waals surface area contributed by atoms with Gasteiger partial charge in [0.1, 0.15) is 23.0 Å². The van der Waals surface area contributed by atoms with E-state index in [9.17, 15) is 14.3 Å². The number of nitrogens with two attached hydrogens (primary N) is 1. The molecule has 4 N–H and O–H groups in total. The number of halogens is 1. The molecule has 1 aromatic heterocycles. The number of aromatic hydroxyl groups is 1. The first kappa shape index (κ1) is 13.6. The van der Waals surface area contributed by atoms with Crippen LogP contribution < -0.4 is 11.3 Å². The standard InChI is InChI=1S/C15H16FN3O2/c16-9-3-4-11-10(7-9)13(20)12(14(17)18)15(21)19(11)6-5-8-1-2-8/h3-4,7-8,20H,1-2,5-6H2,(H3,17,18). The zero-order valence-electron chi connectivity index (χ0n) is 11.4. The molecule has 1 fully saturated rings. The summed E-state index contributed by atoms with van der Waals surface area (Å²) in [6.07, 6.45) is 3.19. The van der Waals surface area contributed by atoms with Gasteiger partial charge in [-0.3, -0.25) is 10.2 Å². The van der Waals surface area contributed by atoms with E-state index >= 15 is 0 Å². The molecule has 0 saturated heterocycles. The number of amidine groups is 1. The number of aryl methyl sites for hydroxylation is 1. The van der Waals surface area contributed by atoms with Crippen molar-refractivity contribution in [2.75, 3.05) is 0 Å². The predicted octanol–water partition coefficient (Wildman–Crippen LogP) is 1.93. The van der Waals surface area contributed by atoms with E-state index in [1.54, 1.807) is 0 Å². The molecule has 1 aliphatic rings. The van der Waals surface area contributed by atoms with Gasteiger partial charge in [0.2, 0.25) is 0 Å². The Morgan fingerprint density at radius 3 is 2.81 bits per heavy atom. The molecule has 0 unspecified atom stereocenters. The Labute approximate surface area is 120 Å². The minimum atomic E-state index is -0.514. The van der Waals surface area contributed by atoms with Gasteiger partial charge in [0, 0.05) is 11.9 Å². The van der Waals surface area contributed by atoms with Crippen LogP contribution in [0.4, 0.5) is 4.39 Å². The van der Waals surface area contributed by atoms with Crippen LogP contribution >= 0.6 is 0 Å². The van der Waals surface area contributed by atoms with Crippen LogP contribution in [-0.4, -0.2) is 15.5 Å². The van der Waals surface area contributed by atoms with E-state index in [-0.39, 0.29) is 10.9 Å². The quantitative estimate of drug-likeness (QED) is 0.593. The summed E-state index contributed by atoms with van der Waals surface area (Å²) in [4.78, 5) is 12.5. The number of nitrogen functional groups attached to an aromatic ring is 1. The molecule has 5 nitrogen and oxygen atoms in total. The highest BCUT2D eigenvalue weighted by atomic mass is 19.1. The summed E-state index contributed by atoms with van der Waals surface area (Å²) in [5.74, 6) is -0.824. The fraction of sp³-hybridized carbons (Fsp3) is 0.333. The molecule has 0 aliphatic heterocycles. The molecule has 1 aliphatic carbocycles. The van der Waals surface area contributed by atoms with Crippen molar-refractivity contribution in [1.29, 1.82) is 5.41 Å². The lowest BCUT2D eigenvalue weighted by Crippen LogP contribution is -2.30. The maximum atomic E-state index is 13.4. The fourth-order valence-corrected chi connectivity index (χ4v) is 2.60. The van der Waals surface area contributed by atoms with Crippen molar-refractivity contribution >= 4 is 16.7 Å². The number of benzene rings is 1. The van der Waals surface area contributed by atoms with Gasteiger partial charge >= 0.3 is 0 Å². The average Bonchev–Trinajstić information content (AvgIpc) is 3.23. The van der Waals surface area contributed by atoms with Gasteiger partial charge in [0.25, 0.3) is 5.56 Å². The van der Waals surface area contributed by atoms with Crippen LogP contribution in [0.1, 0.15) is 24.8 Å². The van der Waals surface area contributed by atoms with Gasteiger partial charge in [-0.1, -0.05) is 12.8 Å². The van der Waals surface area contributed by atoms with E-state index in [0.717, 1.165) is 12.5 Å². The predicted molar refractivity (Wildman–Crippen MR) is 78.2 cm³/mol. The summed E-state index contributed by atoms with van der Waals surface area (Å²) in [5, 5.41) is 17.8. The Kier molecular flexibility index (Phi) is 3.16. The van der Waals surface area contributed by atoms with Gasteiger partial charge in [-0.25, -0.2) is 4.39 Å². The van der Waals surface area contributed by atoms with Gasteiger partial charge in [-0.15, -0.1) is 0 Å². The first-order valence-electron chi connectivity index (χ1n) is 6.88. The Morgan fingerprint density at radius 1 is 1.48 bits per heavy atom. The summed E-state index contributed by atoms with van der Waals surface area (Å²) in [5.41, 5.74) is 5.10. The molecule has 1 saturated carbocycles. The zero-order chi connectivity index (χ0) is 15.1. The van der Waals surface area contributed by atoms with Gasteiger partial charge in [-0.05, 0) is 30.5 Å². The molecular weight excluding hydrogens is 273 g/mol. The SMILES string of the molecule is N=C(N)c1c(O)c2cc(F)ccc2n(CCC2CC2)c1=O. The molecule has 6 heteroatoms. The molecule has 0 bridgehead atoms. The summed E-state index contributed by atoms with van der Waals surface area (Å²) < 4.78 is 14.9. The normalized spacial score (nSPS) is 14.5. The number of rotatable bonds is 4. The molecule has 3 rings (SSSR count). The van der Waals surface area contributed by atoms with E-state index < -0.39 is 23.0 Å². The van der Waals surface area contributed by atoms with Crippen molar-refractivity contribution in [1.82, 2.24) is 4.57 Å². The van der Waals surface area contributed by atoms with Gasteiger partial charge in [-0.2, -0.15) is 0 Å². The minimum absolute atomic E-state index is 0.204. The number of aromatic nitrogens is 1. The molecule has 0 spiro atoms. The second-order valence-electron chi connectivity index (χ2n) is 5.49. The van der Waals surface area contributed by atoms with Crippen molar-refractivity contribution in [2.24, 2.45) is 11.7 Å². The van der Waals surface area contributed by atoms with Crippen LogP contribution in [0.3, 0.4) is 0 Å². The largest absolute Gasteiger partial charge is 0.506 e. The maximum Gasteiger partial charge on any atom is 0.265 e. The lowest BCUT2D eigenvalue weighted by atomic mass is 10.1. The molecule has 21 heavy (non-hydrogen) atoms. The van der Waals surface area contributed by atoms with Crippen molar-refractivity contribution < 1.29 is 9.50 Å². The fourth-order valence-electron chi connectivity index (χ4n) is 2.60. The third-order valence-electron chi connectivity index (χ3n) is 3.93. The van der Waals surface area contributed by atoms with Crippen LogP contribution in [0, 0.1) is 17.1 Å². The lowest BCUT2D eigenvalue weighted by Gasteiger charge is -2.14. The van der Waals surface area contributed by atoms with Crippen LogP contribution in [0.2, 0.25) is 0 Å². The van der Waals surface area contributed by atoms with Crippen molar-refractivity contribution in [3.63, 3.8) is 0 Å². The van der Waals surface area contributed by atoms with Crippen LogP contribution in [0.15, 0.2) is 23.0 Å². The first-order chi connectivity index (χ1) is 9.99. The van der Waals surface area contributed by atoms with Crippen molar-refractivity contribution in [3.05, 3.63) is 39.9 Å². The van der Waals surface area contributed by atoms with E-state index in [4.69, 9.17) is 11.1 Å². The van der Waals surface area contributed by atoms with Crippen LogP contribution in [0.25, 0.3) is 10.9 Å². The topological polar surface area (TPSA) is 92.1 Å². The lowest BCUT2D eigenvalue weighted by molar-refractivity contribution is 0.475. The zero-order valence-corrected chi connectivity index (χ0v) is 11.4. The second-order valence-corrected chi connectivity index (χ2v) is 5.49. The number of hydrogen-bond acceptors (Lipinski definition) is 3. The van der Waals surface area contributed by atoms with E-state index in [2.05, 4.69) is 0 Å². The summed E-state index contributed by atoms with van der Waals surface area (Å²) in [6, 6.07) is 3.88. The van der Waals surface area contributed by atoms with Crippen LogP contribution in [-0.2, 0) is 6.54 Å². The van der Waals surface area contributed by atoms with E-state index in [1.165, 1.54) is 29.5 Å². The van der Waals surface area contributed by atoms with Gasteiger partial charge in [0.15, 0.2) is 0 Å². The molecule has 1 aromatic carbocycles. The summed E-state index contributed by atoms with van der Waals surface area (Å²) >= 11 is 0. The average molecular weight is 289 g/mol. The third-order valence-corrected chi connectivity index (χ3v) is 3.93. The smallest absolute Gasteiger partial charge is 0.265 e. The third kappa shape index (κ3) is 2.37. The molecule has 0 atom stereocenters. The number of hydrogen-bond donors (Lipinski definition) is 3. The highest BCUT2D eigenvalue weighted by Gasteiger charge is 2.23. The molecule has 0 amide bonds. The van der Waals surface area contributed by atoms with Gasteiger partial charge in [0.05, 0.1) is 5.52 Å². The van der Waals surface area contributed by atoms with E-state index in [0.29, 0.717) is 18.0 Å². The summed E-state index contributed by atoms with van der Waals surface area (Å²) in [7, 11) is 0. The Morgan fingerprint density at radius 2 is 2.19 bits per heavy atom. The number of nitrogens with zero attached hydrogens (tertiary/aromatic N) is 1. The Bertz CT molecular complexity index is 794. The number of fused-ring (bicyclic) bond motifs is 1. The maximum absolute atomic E-state index is 13.4. The minimum Gasteiger partial charge on any atom is -0.506 e. The van der Waals surface area contributed by atoms with Crippen molar-refractivity contribution in [2.45, 2.75) is 25.8 Å². The van der Waals surface area contributed by atoms with Crippen molar-refractivity contribution in [3.8, 4) is 5.75 Å². The molecular formula is C15H16FN3O2. The monoisotopic (exact) mass is 289 g/mol. The van der Waals surface area contributed by atoms with E-state index in [1.807, 2.05) is 0 Å². The summed E-state index contributed by atoms with van der Waals surface area (Å²) in [6.45, 7) is 0.478. The number of nitrogens with one attached hydrogen (secondary N) is 1. The van der Waals surface area contributed by atoms with Crippen LogP contribution in [0.5, 0.6) is 5.75 Å². The molecule has 110 valence electrons. The number of pyridine rings is 1. The Hall–Kier alpha value is -2.37. The molecule has 2 aromatic rings. The van der Waals surface area contributed by atoms with Gasteiger partial charge < -0.3 is 15.4 Å².